The van der Waals surface area contributed by atoms with Crippen LogP contribution in [0, 0.1) is 6.92 Å². The number of nitrogens with zero attached hydrogens (tertiary/aromatic N) is 2. The van der Waals surface area contributed by atoms with Gasteiger partial charge in [0.25, 0.3) is 0 Å². The predicted molar refractivity (Wildman–Crippen MR) is 140 cm³/mol. The first-order valence-electron chi connectivity index (χ1n) is 11.5. The largest absolute Gasteiger partial charge is 0.616 e. The summed E-state index contributed by atoms with van der Waals surface area (Å²) < 4.78 is 33.7. The van der Waals surface area contributed by atoms with Crippen molar-refractivity contribution in [1.82, 2.24) is 4.67 Å². The van der Waals surface area contributed by atoms with Gasteiger partial charge in [0.15, 0.2) is 5.66 Å². The normalized spacial score (nSPS) is 15.5. The lowest BCUT2D eigenvalue weighted by atomic mass is 10.1. The van der Waals surface area contributed by atoms with Crippen LogP contribution in [-0.2, 0) is 20.3 Å². The Bertz CT molecular complexity index is 1210. The number of nitrogens with two attached hydrogens (primary N) is 1. The van der Waals surface area contributed by atoms with E-state index in [0.717, 1.165) is 11.1 Å². The van der Waals surface area contributed by atoms with E-state index in [9.17, 15) is 13.9 Å². The summed E-state index contributed by atoms with van der Waals surface area (Å²) >= 11 is 0. The van der Waals surface area contributed by atoms with Crippen LogP contribution >= 0.6 is 16.0 Å². The van der Waals surface area contributed by atoms with E-state index in [1.807, 2.05) is 78.3 Å². The van der Waals surface area contributed by atoms with Crippen molar-refractivity contribution < 1.29 is 18.4 Å². The SMILES string of the molecule is Cc1ccccc1N(C(N)=O)c1ccccc1[P+](=O)C1CCN([P+](=O)OCc2ccccc2)CC1. The van der Waals surface area contributed by atoms with Crippen molar-refractivity contribution in [2.24, 2.45) is 5.73 Å². The Morgan fingerprint density at radius 1 is 0.943 bits per heavy atom. The van der Waals surface area contributed by atoms with E-state index in [2.05, 4.69) is 0 Å². The molecular weight excluding hydrogens is 480 g/mol. The molecular formula is C26H29N3O4P2+2. The zero-order valence-corrected chi connectivity index (χ0v) is 21.4. The molecule has 3 aromatic carbocycles. The summed E-state index contributed by atoms with van der Waals surface area (Å²) in [5.74, 6) is 0. The van der Waals surface area contributed by atoms with Gasteiger partial charge in [-0.1, -0.05) is 69.9 Å². The molecule has 0 aromatic heterocycles. The molecule has 1 saturated heterocycles. The number of hydrogen-bond acceptors (Lipinski definition) is 4. The Kier molecular flexibility index (Phi) is 8.37. The van der Waals surface area contributed by atoms with Crippen LogP contribution in [0.25, 0.3) is 0 Å². The highest BCUT2D eigenvalue weighted by Crippen LogP contribution is 2.42. The van der Waals surface area contributed by atoms with Crippen LogP contribution in [0.2, 0.25) is 0 Å². The summed E-state index contributed by atoms with van der Waals surface area (Å²) in [4.78, 5) is 13.9. The van der Waals surface area contributed by atoms with E-state index >= 15 is 0 Å². The second kappa shape index (κ2) is 11.7. The number of primary amides is 1. The van der Waals surface area contributed by atoms with Gasteiger partial charge in [0.2, 0.25) is 5.30 Å². The molecule has 0 saturated carbocycles. The number of urea groups is 1. The molecule has 1 heterocycles. The first kappa shape index (κ1) is 25.2. The highest BCUT2D eigenvalue weighted by Gasteiger charge is 2.43. The molecule has 2 unspecified atom stereocenters. The second-order valence-electron chi connectivity index (χ2n) is 8.46. The van der Waals surface area contributed by atoms with E-state index in [1.54, 1.807) is 12.1 Å². The summed E-state index contributed by atoms with van der Waals surface area (Å²) in [6.07, 6.45) is 1.25. The van der Waals surface area contributed by atoms with Crippen LogP contribution in [0.1, 0.15) is 24.0 Å². The number of hydrogen-bond donors (Lipinski definition) is 1. The van der Waals surface area contributed by atoms with Gasteiger partial charge in [-0.15, -0.1) is 4.52 Å². The third-order valence-corrected chi connectivity index (χ3v) is 9.37. The van der Waals surface area contributed by atoms with Crippen molar-refractivity contribution >= 4 is 38.7 Å². The van der Waals surface area contributed by atoms with Crippen LogP contribution in [0.3, 0.4) is 0 Å². The van der Waals surface area contributed by atoms with E-state index in [1.165, 1.54) is 4.90 Å². The van der Waals surface area contributed by atoms with Gasteiger partial charge >= 0.3 is 22.0 Å². The summed E-state index contributed by atoms with van der Waals surface area (Å²) in [5, 5.41) is 0.604. The molecule has 2 N–H and O–H groups in total. The molecule has 0 spiro atoms. The lowest BCUT2D eigenvalue weighted by molar-refractivity contribution is 0.253. The fourth-order valence-electron chi connectivity index (χ4n) is 4.25. The van der Waals surface area contributed by atoms with E-state index < -0.39 is 22.0 Å². The maximum atomic E-state index is 13.7. The van der Waals surface area contributed by atoms with Gasteiger partial charge in [-0.25, -0.2) is 4.79 Å². The first-order valence-corrected chi connectivity index (χ1v) is 14.0. The maximum absolute atomic E-state index is 13.7. The number of carbonyl (C=O) groups excluding carboxylic acids is 1. The fraction of sp³-hybridized carbons (Fsp3) is 0.269. The average Bonchev–Trinajstić information content (AvgIpc) is 2.89. The van der Waals surface area contributed by atoms with Gasteiger partial charge in [-0.3, -0.25) is 4.90 Å². The molecule has 0 bridgehead atoms. The Balaban J connectivity index is 1.45. The molecule has 7 nitrogen and oxygen atoms in total. The molecule has 9 heteroatoms. The minimum absolute atomic E-state index is 0.0912. The number of aryl methyl sites for hydroxylation is 1. The summed E-state index contributed by atoms with van der Waals surface area (Å²) in [6.45, 7) is 3.27. The Morgan fingerprint density at radius 2 is 1.54 bits per heavy atom. The molecule has 180 valence electrons. The van der Waals surface area contributed by atoms with Crippen LogP contribution in [0.15, 0.2) is 78.9 Å². The first-order chi connectivity index (χ1) is 17.0. The third kappa shape index (κ3) is 6.01. The monoisotopic (exact) mass is 509 g/mol. The van der Waals surface area contributed by atoms with E-state index in [-0.39, 0.29) is 5.66 Å². The fourth-order valence-corrected chi connectivity index (χ4v) is 6.96. The minimum atomic E-state index is -1.96. The smallest absolute Gasteiger partial charge is 0.351 e. The summed E-state index contributed by atoms with van der Waals surface area (Å²) in [6, 6.07) is 23.7. The molecule has 0 aliphatic carbocycles. The quantitative estimate of drug-likeness (QED) is 0.376. The molecule has 35 heavy (non-hydrogen) atoms. The highest BCUT2D eigenvalue weighted by molar-refractivity contribution is 7.54. The summed E-state index contributed by atoms with van der Waals surface area (Å²) in [5.41, 5.74) is 8.75. The van der Waals surface area contributed by atoms with Crippen molar-refractivity contribution in [3.05, 3.63) is 90.0 Å². The minimum Gasteiger partial charge on any atom is -0.351 e. The number of carbonyl (C=O) groups is 1. The van der Waals surface area contributed by atoms with Gasteiger partial charge in [0, 0.05) is 12.8 Å². The standard InChI is InChI=1S/C26H28N3O4P2/c1-20-9-5-6-12-23(20)29(26(27)30)24-13-7-8-14-25(24)34(31)22-15-17-28(18-16-22)35(32)33-19-21-10-3-2-4-11-21/h2-14,22H,15-19H2,1H3,(H-,27,30)/q+1/p+1. The van der Waals surface area contributed by atoms with Crippen LogP contribution in [0.5, 0.6) is 0 Å². The molecule has 2 amide bonds. The van der Waals surface area contributed by atoms with Crippen molar-refractivity contribution in [3.8, 4) is 0 Å². The Hall–Kier alpha value is -2.95. The highest BCUT2D eigenvalue weighted by atomic mass is 31.1. The Morgan fingerprint density at radius 3 is 2.20 bits per heavy atom. The number of para-hydroxylation sites is 2. The van der Waals surface area contributed by atoms with Crippen LogP contribution in [0.4, 0.5) is 16.2 Å². The zero-order valence-electron chi connectivity index (χ0n) is 19.6. The lowest BCUT2D eigenvalue weighted by Crippen LogP contribution is -2.35. The van der Waals surface area contributed by atoms with Gasteiger partial charge in [0.05, 0.1) is 18.8 Å². The number of benzene rings is 3. The van der Waals surface area contributed by atoms with E-state index in [4.69, 9.17) is 10.3 Å². The van der Waals surface area contributed by atoms with Crippen LogP contribution in [-0.4, -0.2) is 29.5 Å². The van der Waals surface area contributed by atoms with Crippen molar-refractivity contribution in [2.45, 2.75) is 32.0 Å². The third-order valence-electron chi connectivity index (χ3n) is 6.12. The van der Waals surface area contributed by atoms with Crippen molar-refractivity contribution in [2.75, 3.05) is 18.0 Å². The molecule has 3 aromatic rings. The predicted octanol–water partition coefficient (Wildman–Crippen LogP) is 6.00. The number of rotatable bonds is 8. The average molecular weight is 509 g/mol. The zero-order chi connectivity index (χ0) is 24.8. The molecule has 0 radical (unpaired) electrons. The number of anilines is 2. The topological polar surface area (TPSA) is 92.9 Å². The van der Waals surface area contributed by atoms with Crippen molar-refractivity contribution in [1.29, 1.82) is 0 Å². The number of amides is 2. The Labute approximate surface area is 207 Å². The molecule has 4 rings (SSSR count). The maximum Gasteiger partial charge on any atom is 0.616 e. The van der Waals surface area contributed by atoms with Gasteiger partial charge in [-0.2, -0.15) is 0 Å². The summed E-state index contributed by atoms with van der Waals surface area (Å²) in [7, 11) is -3.77. The van der Waals surface area contributed by atoms with Gasteiger partial charge in [-0.05, 0) is 40.8 Å². The molecule has 1 aliphatic heterocycles. The molecule has 1 fully saturated rings. The van der Waals surface area contributed by atoms with Crippen LogP contribution < -0.4 is 15.9 Å². The molecule has 2 atom stereocenters. The van der Waals surface area contributed by atoms with E-state index in [0.29, 0.717) is 49.2 Å². The van der Waals surface area contributed by atoms with Gasteiger partial charge < -0.3 is 5.73 Å². The van der Waals surface area contributed by atoms with Gasteiger partial charge in [0.1, 0.15) is 12.3 Å². The number of piperidine rings is 1. The second-order valence-corrected chi connectivity index (χ2v) is 11.6. The van der Waals surface area contributed by atoms with Crippen molar-refractivity contribution in [3.63, 3.8) is 0 Å². The molecule has 1 aliphatic rings. The lowest BCUT2D eigenvalue weighted by Gasteiger charge is -2.23.